The zero-order valence-corrected chi connectivity index (χ0v) is 24.9. The van der Waals surface area contributed by atoms with Crippen molar-refractivity contribution in [2.24, 2.45) is 11.8 Å². The fraction of sp³-hybridized carbons (Fsp3) is 0.500. The molecule has 0 N–H and O–H groups in total. The molecule has 3 atom stereocenters. The van der Waals surface area contributed by atoms with Crippen molar-refractivity contribution in [2.45, 2.75) is 76.0 Å². The van der Waals surface area contributed by atoms with Gasteiger partial charge >= 0.3 is 5.97 Å². The van der Waals surface area contributed by atoms with Gasteiger partial charge < -0.3 is 4.74 Å². The van der Waals surface area contributed by atoms with Crippen LogP contribution in [-0.2, 0) is 26.0 Å². The first-order valence-electron chi connectivity index (χ1n) is 13.5. The monoisotopic (exact) mass is 541 g/mol. The van der Waals surface area contributed by atoms with E-state index >= 15 is 0 Å². The van der Waals surface area contributed by atoms with E-state index in [-0.39, 0.29) is 30.3 Å². The SMILES string of the molecule is C=C([C@H]1CN(S(=O)(=O)c2ccc(C)cc2)[C@@H](Cc2ccccc2)C[C@@H]1CC(=O)OC)[Si](CC)(CC)CC. The predicted octanol–water partition coefficient (Wildman–Crippen LogP) is 6.40. The summed E-state index contributed by atoms with van der Waals surface area (Å²) in [5.41, 5.74) is 2.11. The molecule has 0 unspecified atom stereocenters. The number of hydrogen-bond donors (Lipinski definition) is 0. The fourth-order valence-corrected chi connectivity index (χ4v) is 11.7. The minimum Gasteiger partial charge on any atom is -0.469 e. The van der Waals surface area contributed by atoms with Crippen LogP contribution in [0.15, 0.2) is 71.3 Å². The summed E-state index contributed by atoms with van der Waals surface area (Å²) in [5.74, 6) is -0.319. The molecule has 1 aliphatic heterocycles. The first-order valence-corrected chi connectivity index (χ1v) is 17.6. The molecule has 0 radical (unpaired) electrons. The van der Waals surface area contributed by atoms with Gasteiger partial charge in [0.2, 0.25) is 10.0 Å². The first kappa shape index (κ1) is 29.3. The lowest BCUT2D eigenvalue weighted by atomic mass is 9.79. The van der Waals surface area contributed by atoms with Crippen LogP contribution in [0.5, 0.6) is 0 Å². The number of ether oxygens (including phenoxy) is 1. The molecule has 0 aliphatic carbocycles. The molecule has 2 aromatic rings. The van der Waals surface area contributed by atoms with Gasteiger partial charge in [-0.25, -0.2) is 8.42 Å². The van der Waals surface area contributed by atoms with Crippen LogP contribution in [-0.4, -0.2) is 46.5 Å². The molecular formula is C30H43NO4SSi. The van der Waals surface area contributed by atoms with Gasteiger partial charge in [-0.15, -0.1) is 6.58 Å². The first-order chi connectivity index (χ1) is 17.6. The Hall–Kier alpha value is -2.22. The summed E-state index contributed by atoms with van der Waals surface area (Å²) in [7, 11) is -4.17. The van der Waals surface area contributed by atoms with Crippen molar-refractivity contribution < 1.29 is 17.9 Å². The number of nitrogens with zero attached hydrogens (tertiary/aromatic N) is 1. The maximum atomic E-state index is 14.1. The van der Waals surface area contributed by atoms with Crippen molar-refractivity contribution in [1.29, 1.82) is 0 Å². The highest BCUT2D eigenvalue weighted by Gasteiger charge is 2.46. The van der Waals surface area contributed by atoms with E-state index in [2.05, 4.69) is 27.4 Å². The molecule has 0 bridgehead atoms. The van der Waals surface area contributed by atoms with Crippen LogP contribution < -0.4 is 0 Å². The number of carbonyl (C=O) groups is 1. The lowest BCUT2D eigenvalue weighted by Crippen LogP contribution is -2.54. The normalized spacial score (nSPS) is 20.9. The summed E-state index contributed by atoms with van der Waals surface area (Å²) in [4.78, 5) is 12.8. The molecular weight excluding hydrogens is 498 g/mol. The van der Waals surface area contributed by atoms with Crippen LogP contribution in [0.2, 0.25) is 18.1 Å². The van der Waals surface area contributed by atoms with E-state index in [1.165, 1.54) is 12.3 Å². The summed E-state index contributed by atoms with van der Waals surface area (Å²) in [6.45, 7) is 13.7. The Morgan fingerprint density at radius 1 is 1.03 bits per heavy atom. The zero-order valence-electron chi connectivity index (χ0n) is 23.1. The Morgan fingerprint density at radius 2 is 1.62 bits per heavy atom. The smallest absolute Gasteiger partial charge is 0.305 e. The molecule has 2 aromatic carbocycles. The van der Waals surface area contributed by atoms with E-state index in [0.717, 1.165) is 29.3 Å². The van der Waals surface area contributed by atoms with Crippen LogP contribution >= 0.6 is 0 Å². The third-order valence-corrected chi connectivity index (χ3v) is 16.4. The highest BCUT2D eigenvalue weighted by molar-refractivity contribution is 7.89. The van der Waals surface area contributed by atoms with Gasteiger partial charge in [-0.3, -0.25) is 4.79 Å². The largest absolute Gasteiger partial charge is 0.469 e. The topological polar surface area (TPSA) is 63.7 Å². The van der Waals surface area contributed by atoms with E-state index in [0.29, 0.717) is 24.3 Å². The molecule has 1 aliphatic rings. The van der Waals surface area contributed by atoms with Crippen LogP contribution in [0.25, 0.3) is 0 Å². The third-order valence-electron chi connectivity index (χ3n) is 8.69. The quantitative estimate of drug-likeness (QED) is 0.244. The highest BCUT2D eigenvalue weighted by Crippen LogP contribution is 2.43. The molecule has 0 aromatic heterocycles. The van der Waals surface area contributed by atoms with E-state index in [1.54, 1.807) is 16.4 Å². The van der Waals surface area contributed by atoms with Gasteiger partial charge in [-0.2, -0.15) is 4.31 Å². The number of esters is 1. The zero-order chi connectivity index (χ0) is 27.2. The van der Waals surface area contributed by atoms with Crippen molar-refractivity contribution in [3.05, 3.63) is 77.5 Å². The van der Waals surface area contributed by atoms with Gasteiger partial charge in [0.05, 0.1) is 20.1 Å². The molecule has 7 heteroatoms. The van der Waals surface area contributed by atoms with Crippen LogP contribution in [0.4, 0.5) is 0 Å². The Kier molecular flexibility index (Phi) is 9.95. The Labute approximate surface area is 225 Å². The van der Waals surface area contributed by atoms with Gasteiger partial charge in [-0.1, -0.05) is 92.1 Å². The second-order valence-corrected chi connectivity index (χ2v) is 17.7. The molecule has 0 spiro atoms. The average molecular weight is 542 g/mol. The molecule has 1 heterocycles. The van der Waals surface area contributed by atoms with Gasteiger partial charge in [0.1, 0.15) is 0 Å². The summed E-state index contributed by atoms with van der Waals surface area (Å²) < 4.78 is 35.1. The molecule has 5 nitrogen and oxygen atoms in total. The second-order valence-electron chi connectivity index (χ2n) is 10.5. The minimum atomic E-state index is -3.75. The molecule has 3 rings (SSSR count). The van der Waals surface area contributed by atoms with E-state index < -0.39 is 18.1 Å². The molecule has 37 heavy (non-hydrogen) atoms. The molecule has 0 saturated carbocycles. The second kappa shape index (κ2) is 12.5. The van der Waals surface area contributed by atoms with Crippen molar-refractivity contribution >= 4 is 24.1 Å². The van der Waals surface area contributed by atoms with E-state index in [1.807, 2.05) is 49.4 Å². The summed E-state index contributed by atoms with van der Waals surface area (Å²) in [5, 5.41) is 1.20. The third kappa shape index (κ3) is 6.44. The predicted molar refractivity (Wildman–Crippen MR) is 154 cm³/mol. The van der Waals surface area contributed by atoms with Crippen LogP contribution in [0.1, 0.15) is 44.7 Å². The van der Waals surface area contributed by atoms with Crippen molar-refractivity contribution in [3.8, 4) is 0 Å². The van der Waals surface area contributed by atoms with Gasteiger partial charge in [-0.05, 0) is 49.3 Å². The van der Waals surface area contributed by atoms with Crippen LogP contribution in [0, 0.1) is 18.8 Å². The number of hydrogen-bond acceptors (Lipinski definition) is 4. The maximum absolute atomic E-state index is 14.1. The Morgan fingerprint density at radius 3 is 2.16 bits per heavy atom. The number of rotatable bonds is 11. The molecule has 1 fully saturated rings. The lowest BCUT2D eigenvalue weighted by Gasteiger charge is -2.47. The highest BCUT2D eigenvalue weighted by atomic mass is 32.2. The number of piperidine rings is 1. The van der Waals surface area contributed by atoms with Gasteiger partial charge in [0.15, 0.2) is 0 Å². The number of sulfonamides is 1. The van der Waals surface area contributed by atoms with Gasteiger partial charge in [0.25, 0.3) is 0 Å². The molecule has 202 valence electrons. The number of carbonyl (C=O) groups excluding carboxylic acids is 1. The summed E-state index contributed by atoms with van der Waals surface area (Å²) in [6.07, 6.45) is 1.48. The van der Waals surface area contributed by atoms with E-state index in [4.69, 9.17) is 4.74 Å². The van der Waals surface area contributed by atoms with E-state index in [9.17, 15) is 13.2 Å². The Balaban J connectivity index is 2.09. The summed E-state index contributed by atoms with van der Waals surface area (Å²) >= 11 is 0. The van der Waals surface area contributed by atoms with Crippen LogP contribution in [0.3, 0.4) is 0 Å². The number of methoxy groups -OCH3 is 1. The Bertz CT molecular complexity index is 1150. The number of benzene rings is 2. The number of aryl methyl sites for hydroxylation is 1. The average Bonchev–Trinajstić information content (AvgIpc) is 2.90. The van der Waals surface area contributed by atoms with Gasteiger partial charge in [0, 0.05) is 19.0 Å². The van der Waals surface area contributed by atoms with Crippen molar-refractivity contribution in [1.82, 2.24) is 4.31 Å². The fourth-order valence-electron chi connectivity index (χ4n) is 6.08. The minimum absolute atomic E-state index is 0.00495. The molecule has 0 amide bonds. The summed E-state index contributed by atoms with van der Waals surface area (Å²) in [6, 6.07) is 20.1. The maximum Gasteiger partial charge on any atom is 0.305 e. The lowest BCUT2D eigenvalue weighted by molar-refractivity contribution is -0.142. The van der Waals surface area contributed by atoms with Crippen molar-refractivity contribution in [2.75, 3.05) is 13.7 Å². The van der Waals surface area contributed by atoms with Crippen molar-refractivity contribution in [3.63, 3.8) is 0 Å². The molecule has 1 saturated heterocycles. The standard InChI is InChI=1S/C30H43NO4SSi/c1-7-37(8-2,9-3)24(5)29-22-31(36(33,34)28-17-15-23(4)16-18-28)27(19-25-13-11-10-12-14-25)20-26(29)21-30(32)35-6/h10-18,26-27,29H,5,7-9,19-22H2,1-4,6H3/t26-,27+,29-/m1/s1.